The molecule has 0 bridgehead atoms. The molecule has 0 spiro atoms. The highest BCUT2D eigenvalue weighted by molar-refractivity contribution is 7.80. The summed E-state index contributed by atoms with van der Waals surface area (Å²) in [7, 11) is 0. The maximum atomic E-state index is 12.4. The van der Waals surface area contributed by atoms with Gasteiger partial charge in [-0.3, -0.25) is 10.1 Å². The second-order valence-electron chi connectivity index (χ2n) is 6.73. The van der Waals surface area contributed by atoms with Crippen LogP contribution in [0.1, 0.15) is 35.7 Å². The largest absolute Gasteiger partial charge is 0.332 e. The van der Waals surface area contributed by atoms with E-state index in [0.717, 1.165) is 21.2 Å². The van der Waals surface area contributed by atoms with Crippen LogP contribution in [0.25, 0.3) is 15.5 Å². The molecule has 0 unspecified atom stereocenters. The molecule has 9 heteroatoms. The van der Waals surface area contributed by atoms with Gasteiger partial charge >= 0.3 is 0 Å². The molecule has 4 rings (SSSR count). The van der Waals surface area contributed by atoms with Crippen molar-refractivity contribution in [1.82, 2.24) is 25.1 Å². The van der Waals surface area contributed by atoms with Crippen LogP contribution in [-0.4, -0.2) is 30.8 Å². The number of amides is 1. The normalized spacial score (nSPS) is 11.0. The van der Waals surface area contributed by atoms with Crippen LogP contribution in [0.15, 0.2) is 54.9 Å². The Kier molecular flexibility index (Phi) is 5.32. The van der Waals surface area contributed by atoms with Gasteiger partial charge in [-0.1, -0.05) is 49.4 Å². The minimum atomic E-state index is -0.248. The van der Waals surface area contributed by atoms with Crippen molar-refractivity contribution in [3.05, 3.63) is 66.0 Å². The van der Waals surface area contributed by atoms with Gasteiger partial charge in [0.15, 0.2) is 5.11 Å². The van der Waals surface area contributed by atoms with Crippen molar-refractivity contribution in [1.29, 1.82) is 0 Å². The lowest BCUT2D eigenvalue weighted by atomic mass is 10.0. The fourth-order valence-electron chi connectivity index (χ4n) is 2.76. The average Bonchev–Trinajstić information content (AvgIpc) is 3.30. The number of fused-ring (bicyclic) bond motifs is 1. The maximum absolute atomic E-state index is 12.4. The van der Waals surface area contributed by atoms with Crippen LogP contribution in [0.4, 0.5) is 5.69 Å². The molecular weight excluding hydrogens is 404 g/mol. The molecule has 7 nitrogen and oxygen atoms in total. The van der Waals surface area contributed by atoms with Gasteiger partial charge in [-0.2, -0.15) is 9.61 Å². The number of rotatable bonds is 4. The lowest BCUT2D eigenvalue weighted by Crippen LogP contribution is -2.34. The summed E-state index contributed by atoms with van der Waals surface area (Å²) in [5.41, 5.74) is 3.43. The predicted molar refractivity (Wildman–Crippen MR) is 118 cm³/mol. The van der Waals surface area contributed by atoms with Crippen molar-refractivity contribution < 1.29 is 4.79 Å². The molecule has 29 heavy (non-hydrogen) atoms. The zero-order valence-corrected chi connectivity index (χ0v) is 17.4. The summed E-state index contributed by atoms with van der Waals surface area (Å²) in [5, 5.41) is 19.1. The Morgan fingerprint density at radius 2 is 1.97 bits per heavy atom. The van der Waals surface area contributed by atoms with Crippen molar-refractivity contribution in [2.75, 3.05) is 5.32 Å². The van der Waals surface area contributed by atoms with Gasteiger partial charge in [0, 0.05) is 16.8 Å². The minimum Gasteiger partial charge on any atom is -0.332 e. The van der Waals surface area contributed by atoms with Crippen LogP contribution in [0.2, 0.25) is 0 Å². The molecule has 0 saturated carbocycles. The van der Waals surface area contributed by atoms with Crippen molar-refractivity contribution in [2.45, 2.75) is 19.8 Å². The van der Waals surface area contributed by atoms with Gasteiger partial charge in [0.25, 0.3) is 5.91 Å². The molecule has 2 aromatic heterocycles. The lowest BCUT2D eigenvalue weighted by molar-refractivity contribution is 0.0977. The topological polar surface area (TPSA) is 84.2 Å². The highest BCUT2D eigenvalue weighted by atomic mass is 32.1. The highest BCUT2D eigenvalue weighted by Gasteiger charge is 2.11. The molecule has 0 fully saturated rings. The Morgan fingerprint density at radius 3 is 2.69 bits per heavy atom. The fraction of sp³-hybridized carbons (Fsp3) is 0.150. The standard InChI is InChI=1S/C20H18N6OS2/c1-12(2)13-6-8-14(9-7-13)17(27)23-19(28)22-16-5-3-4-15(10-16)18-25-26-11-21-24-20(26)29-18/h3-12H,1-2H3,(H2,22,23,27,28). The molecule has 146 valence electrons. The van der Waals surface area contributed by atoms with Gasteiger partial charge in [0.2, 0.25) is 4.96 Å². The Labute approximate surface area is 176 Å². The zero-order chi connectivity index (χ0) is 20.4. The monoisotopic (exact) mass is 422 g/mol. The van der Waals surface area contributed by atoms with E-state index >= 15 is 0 Å². The third-order valence-electron chi connectivity index (χ3n) is 4.32. The third-order valence-corrected chi connectivity index (χ3v) is 5.49. The number of hydrogen-bond donors (Lipinski definition) is 2. The second kappa shape index (κ2) is 8.06. The summed E-state index contributed by atoms with van der Waals surface area (Å²) in [4.78, 5) is 13.1. The first-order chi connectivity index (χ1) is 14.0. The molecule has 0 aliphatic carbocycles. The smallest absolute Gasteiger partial charge is 0.257 e. The van der Waals surface area contributed by atoms with Crippen LogP contribution in [0.5, 0.6) is 0 Å². The Bertz CT molecular complexity index is 1150. The summed E-state index contributed by atoms with van der Waals surface area (Å²) in [6, 6.07) is 15.2. The van der Waals surface area contributed by atoms with Crippen LogP contribution in [-0.2, 0) is 0 Å². The molecular formula is C20H18N6OS2. The first kappa shape index (κ1) is 19.2. The number of carbonyl (C=O) groups excluding carboxylic acids is 1. The number of carbonyl (C=O) groups is 1. The minimum absolute atomic E-state index is 0.234. The van der Waals surface area contributed by atoms with Gasteiger partial charge in [0.1, 0.15) is 11.3 Å². The van der Waals surface area contributed by atoms with Crippen molar-refractivity contribution in [2.24, 2.45) is 0 Å². The molecule has 0 aliphatic rings. The van der Waals surface area contributed by atoms with E-state index in [1.54, 1.807) is 10.8 Å². The van der Waals surface area contributed by atoms with E-state index in [2.05, 4.69) is 39.8 Å². The number of nitrogens with one attached hydrogen (secondary N) is 2. The van der Waals surface area contributed by atoms with Gasteiger partial charge in [0.05, 0.1) is 0 Å². The van der Waals surface area contributed by atoms with Crippen molar-refractivity contribution in [3.8, 4) is 10.6 Å². The van der Waals surface area contributed by atoms with E-state index in [1.807, 2.05) is 48.5 Å². The van der Waals surface area contributed by atoms with Gasteiger partial charge in [-0.15, -0.1) is 10.2 Å². The first-order valence-electron chi connectivity index (χ1n) is 8.99. The highest BCUT2D eigenvalue weighted by Crippen LogP contribution is 2.26. The SMILES string of the molecule is CC(C)c1ccc(C(=O)NC(=S)Nc2cccc(-c3nn4cnnc4s3)c2)cc1. The van der Waals surface area contributed by atoms with Crippen molar-refractivity contribution >= 4 is 45.2 Å². The van der Waals surface area contributed by atoms with Gasteiger partial charge < -0.3 is 5.32 Å². The number of hydrogen-bond acceptors (Lipinski definition) is 6. The fourth-order valence-corrected chi connectivity index (χ4v) is 3.79. The Hall–Kier alpha value is -3.17. The summed E-state index contributed by atoms with van der Waals surface area (Å²) in [5.74, 6) is 0.170. The van der Waals surface area contributed by atoms with Crippen LogP contribution < -0.4 is 10.6 Å². The van der Waals surface area contributed by atoms with Crippen LogP contribution >= 0.6 is 23.6 Å². The number of nitrogens with zero attached hydrogens (tertiary/aromatic N) is 4. The Morgan fingerprint density at radius 1 is 1.17 bits per heavy atom. The zero-order valence-electron chi connectivity index (χ0n) is 15.8. The molecule has 0 radical (unpaired) electrons. The number of thiocarbonyl (C=S) groups is 1. The van der Waals surface area contributed by atoms with E-state index < -0.39 is 0 Å². The second-order valence-corrected chi connectivity index (χ2v) is 8.10. The number of anilines is 1. The molecule has 4 aromatic rings. The lowest BCUT2D eigenvalue weighted by Gasteiger charge is -2.11. The van der Waals surface area contributed by atoms with Crippen molar-refractivity contribution in [3.63, 3.8) is 0 Å². The quantitative estimate of drug-likeness (QED) is 0.482. The summed E-state index contributed by atoms with van der Waals surface area (Å²) in [6.07, 6.45) is 1.57. The number of benzene rings is 2. The molecule has 0 saturated heterocycles. The predicted octanol–water partition coefficient (Wildman–Crippen LogP) is 4.10. The summed E-state index contributed by atoms with van der Waals surface area (Å²) in [6.45, 7) is 4.23. The molecule has 0 aliphatic heterocycles. The molecule has 2 aromatic carbocycles. The van der Waals surface area contributed by atoms with E-state index in [1.165, 1.54) is 16.9 Å². The van der Waals surface area contributed by atoms with Gasteiger partial charge in [-0.25, -0.2) is 0 Å². The van der Waals surface area contributed by atoms with Crippen LogP contribution in [0, 0.1) is 0 Å². The molecule has 0 atom stereocenters. The van der Waals surface area contributed by atoms with E-state index in [0.29, 0.717) is 11.5 Å². The summed E-state index contributed by atoms with van der Waals surface area (Å²) < 4.78 is 1.63. The molecule has 2 N–H and O–H groups in total. The average molecular weight is 423 g/mol. The van der Waals surface area contributed by atoms with E-state index in [-0.39, 0.29) is 11.0 Å². The third kappa shape index (κ3) is 4.30. The molecule has 2 heterocycles. The summed E-state index contributed by atoms with van der Waals surface area (Å²) >= 11 is 6.74. The van der Waals surface area contributed by atoms with Gasteiger partial charge in [-0.05, 0) is 48.0 Å². The first-order valence-corrected chi connectivity index (χ1v) is 10.2. The van der Waals surface area contributed by atoms with E-state index in [4.69, 9.17) is 12.2 Å². The molecule has 1 amide bonds. The van der Waals surface area contributed by atoms with Crippen LogP contribution in [0.3, 0.4) is 0 Å². The number of aromatic nitrogens is 4. The Balaban J connectivity index is 1.43. The van der Waals surface area contributed by atoms with E-state index in [9.17, 15) is 4.79 Å². The maximum Gasteiger partial charge on any atom is 0.257 e.